The van der Waals surface area contributed by atoms with Crippen molar-refractivity contribution in [2.24, 2.45) is 5.73 Å². The summed E-state index contributed by atoms with van der Waals surface area (Å²) < 4.78 is 4.73. The monoisotopic (exact) mass is 339 g/mol. The van der Waals surface area contributed by atoms with Crippen molar-refractivity contribution in [1.29, 1.82) is 0 Å². The number of aliphatic hydroxyl groups is 8. The molecule has 0 heterocycles. The number of rotatable bonds is 10. The van der Waals surface area contributed by atoms with Crippen molar-refractivity contribution in [2.75, 3.05) is 13.2 Å². The summed E-state index contributed by atoms with van der Waals surface area (Å²) in [5.41, 5.74) is 5.03. The van der Waals surface area contributed by atoms with Crippen molar-refractivity contribution < 1.29 is 45.6 Å². The Hall–Kier alpha value is -1.56. The fourth-order valence-electron chi connectivity index (χ4n) is 1.47. The van der Waals surface area contributed by atoms with Gasteiger partial charge < -0.3 is 51.3 Å². The lowest BCUT2D eigenvalue weighted by Gasteiger charge is -2.17. The zero-order chi connectivity index (χ0) is 18.2. The molecule has 0 aromatic rings. The summed E-state index contributed by atoms with van der Waals surface area (Å²) in [6, 6.07) is 0. The third-order valence-corrected chi connectivity index (χ3v) is 2.94. The number of ether oxygens (including phenoxy) is 1. The van der Waals surface area contributed by atoms with E-state index in [1.54, 1.807) is 0 Å². The topological polar surface area (TPSA) is 197 Å². The Bertz CT molecular complexity index is 422. The molecule has 23 heavy (non-hydrogen) atoms. The molecule has 0 aromatic carbocycles. The first-order valence-corrected chi connectivity index (χ1v) is 6.88. The first-order chi connectivity index (χ1) is 10.6. The smallest absolute Gasteiger partial charge is 0.217 e. The molecule has 0 saturated heterocycles. The molecule has 10 nitrogen and oxygen atoms in total. The minimum atomic E-state index is -1.98. The van der Waals surface area contributed by atoms with Crippen LogP contribution in [0, 0.1) is 0 Å². The Balaban J connectivity index is 4.53. The fourth-order valence-corrected chi connectivity index (χ4v) is 1.47. The van der Waals surface area contributed by atoms with Gasteiger partial charge >= 0.3 is 0 Å². The van der Waals surface area contributed by atoms with E-state index in [2.05, 4.69) is 0 Å². The van der Waals surface area contributed by atoms with Gasteiger partial charge in [-0.2, -0.15) is 0 Å². The SMILES string of the molecule is C[C@@H](O)/C(N)=C(/O)[C@H](O)CCO[C@@H](O)/C(O)=C(/O)[C@@H](O)CCO. The summed E-state index contributed by atoms with van der Waals surface area (Å²) in [5, 5.41) is 74.5. The first kappa shape index (κ1) is 21.4. The van der Waals surface area contributed by atoms with Gasteiger partial charge in [0.25, 0.3) is 0 Å². The van der Waals surface area contributed by atoms with E-state index < -0.39 is 48.5 Å². The van der Waals surface area contributed by atoms with E-state index in [4.69, 9.17) is 20.7 Å². The lowest BCUT2D eigenvalue weighted by atomic mass is 10.1. The molecule has 0 fully saturated rings. The third kappa shape index (κ3) is 7.03. The normalized spacial score (nSPS) is 19.4. The lowest BCUT2D eigenvalue weighted by molar-refractivity contribution is -0.104. The highest BCUT2D eigenvalue weighted by Crippen LogP contribution is 2.13. The van der Waals surface area contributed by atoms with Gasteiger partial charge in [0.1, 0.15) is 18.0 Å². The molecule has 0 bridgehead atoms. The lowest BCUT2D eigenvalue weighted by Crippen LogP contribution is -2.26. The molecular formula is C13H25NO9. The highest BCUT2D eigenvalue weighted by Gasteiger charge is 2.22. The highest BCUT2D eigenvalue weighted by molar-refractivity contribution is 5.11. The fraction of sp³-hybridized carbons (Fsp3) is 0.692. The molecule has 10 heteroatoms. The van der Waals surface area contributed by atoms with Gasteiger partial charge in [-0.1, -0.05) is 0 Å². The van der Waals surface area contributed by atoms with Gasteiger partial charge in [-0.25, -0.2) is 0 Å². The van der Waals surface area contributed by atoms with Crippen LogP contribution in [-0.2, 0) is 4.74 Å². The molecule has 0 aliphatic heterocycles. The second-order valence-electron chi connectivity index (χ2n) is 4.84. The predicted molar refractivity (Wildman–Crippen MR) is 78.1 cm³/mol. The quantitative estimate of drug-likeness (QED) is 0.162. The van der Waals surface area contributed by atoms with Crippen LogP contribution >= 0.6 is 0 Å². The Morgan fingerprint density at radius 3 is 1.91 bits per heavy atom. The molecule has 4 atom stereocenters. The number of hydrogen-bond donors (Lipinski definition) is 9. The average Bonchev–Trinajstić information content (AvgIpc) is 2.51. The van der Waals surface area contributed by atoms with Gasteiger partial charge in [-0.3, -0.25) is 0 Å². The van der Waals surface area contributed by atoms with E-state index in [1.807, 2.05) is 0 Å². The van der Waals surface area contributed by atoms with Crippen LogP contribution < -0.4 is 5.73 Å². The van der Waals surface area contributed by atoms with Crippen molar-refractivity contribution in [3.8, 4) is 0 Å². The maximum atomic E-state index is 9.60. The van der Waals surface area contributed by atoms with Crippen LogP contribution in [0.1, 0.15) is 19.8 Å². The van der Waals surface area contributed by atoms with Crippen LogP contribution in [0.3, 0.4) is 0 Å². The first-order valence-electron chi connectivity index (χ1n) is 6.88. The van der Waals surface area contributed by atoms with Crippen LogP contribution in [0.15, 0.2) is 23.0 Å². The van der Waals surface area contributed by atoms with Gasteiger partial charge in [-0.05, 0) is 6.92 Å². The van der Waals surface area contributed by atoms with Crippen LogP contribution in [0.5, 0.6) is 0 Å². The minimum absolute atomic E-state index is 0.233. The predicted octanol–water partition coefficient (Wildman–Crippen LogP) is -1.75. The Labute approximate surface area is 133 Å². The summed E-state index contributed by atoms with van der Waals surface area (Å²) in [6.07, 6.45) is -6.65. The number of aliphatic hydroxyl groups excluding tert-OH is 8. The van der Waals surface area contributed by atoms with E-state index in [0.29, 0.717) is 0 Å². The molecule has 0 amide bonds. The molecule has 10 N–H and O–H groups in total. The van der Waals surface area contributed by atoms with Gasteiger partial charge in [0, 0.05) is 19.4 Å². The van der Waals surface area contributed by atoms with Crippen molar-refractivity contribution in [1.82, 2.24) is 0 Å². The molecule has 0 unspecified atom stereocenters. The van der Waals surface area contributed by atoms with E-state index in [0.717, 1.165) is 0 Å². The van der Waals surface area contributed by atoms with Crippen molar-refractivity contribution in [3.63, 3.8) is 0 Å². The number of hydrogen-bond acceptors (Lipinski definition) is 10. The largest absolute Gasteiger partial charge is 0.508 e. The van der Waals surface area contributed by atoms with Gasteiger partial charge in [0.15, 0.2) is 11.5 Å². The molecule has 0 saturated carbocycles. The van der Waals surface area contributed by atoms with Gasteiger partial charge in [0.2, 0.25) is 6.29 Å². The van der Waals surface area contributed by atoms with Gasteiger partial charge in [0.05, 0.1) is 18.4 Å². The molecule has 0 aliphatic rings. The van der Waals surface area contributed by atoms with Crippen LogP contribution in [0.2, 0.25) is 0 Å². The van der Waals surface area contributed by atoms with E-state index >= 15 is 0 Å². The zero-order valence-corrected chi connectivity index (χ0v) is 12.7. The summed E-state index contributed by atoms with van der Waals surface area (Å²) in [4.78, 5) is 0. The molecule has 0 spiro atoms. The van der Waals surface area contributed by atoms with Crippen molar-refractivity contribution >= 4 is 0 Å². The van der Waals surface area contributed by atoms with Crippen LogP contribution in [0.25, 0.3) is 0 Å². The maximum absolute atomic E-state index is 9.60. The Morgan fingerprint density at radius 2 is 1.43 bits per heavy atom. The minimum Gasteiger partial charge on any atom is -0.508 e. The Morgan fingerprint density at radius 1 is 0.913 bits per heavy atom. The second-order valence-corrected chi connectivity index (χ2v) is 4.84. The molecule has 0 aliphatic carbocycles. The highest BCUT2D eigenvalue weighted by atomic mass is 16.6. The van der Waals surface area contributed by atoms with Crippen LogP contribution in [-0.4, -0.2) is 78.7 Å². The molecule has 0 radical (unpaired) electrons. The van der Waals surface area contributed by atoms with E-state index in [9.17, 15) is 30.6 Å². The zero-order valence-electron chi connectivity index (χ0n) is 12.7. The second kappa shape index (κ2) is 10.3. The summed E-state index contributed by atoms with van der Waals surface area (Å²) >= 11 is 0. The Kier molecular flexibility index (Phi) is 9.56. The van der Waals surface area contributed by atoms with Gasteiger partial charge in [-0.15, -0.1) is 0 Å². The molecular weight excluding hydrogens is 314 g/mol. The number of nitrogens with two attached hydrogens (primary N) is 1. The molecule has 0 aromatic heterocycles. The van der Waals surface area contributed by atoms with E-state index in [-0.39, 0.29) is 25.1 Å². The average molecular weight is 339 g/mol. The summed E-state index contributed by atoms with van der Waals surface area (Å²) in [5.74, 6) is -2.63. The summed E-state index contributed by atoms with van der Waals surface area (Å²) in [6.45, 7) is 0.493. The van der Waals surface area contributed by atoms with E-state index in [1.165, 1.54) is 6.92 Å². The molecule has 136 valence electrons. The molecule has 0 rings (SSSR count). The van der Waals surface area contributed by atoms with Crippen LogP contribution in [0.4, 0.5) is 0 Å². The standard InChI is InChI=1S/C13H25NO9/c1-6(16)9(14)10(19)8(18)3-5-23-13(22)12(21)11(20)7(17)2-4-15/h6-8,13,15-22H,2-5,14H2,1H3/b10-9-,12-11-/t6-,7+,8-,13-/m1/s1. The van der Waals surface area contributed by atoms with Crippen molar-refractivity contribution in [2.45, 2.75) is 44.4 Å². The van der Waals surface area contributed by atoms with Crippen molar-refractivity contribution in [3.05, 3.63) is 23.0 Å². The summed E-state index contributed by atoms with van der Waals surface area (Å²) in [7, 11) is 0. The maximum Gasteiger partial charge on any atom is 0.217 e. The third-order valence-electron chi connectivity index (χ3n) is 2.94.